The molecule has 2 N–H and O–H groups in total. The van der Waals surface area contributed by atoms with Gasteiger partial charge in [-0.05, 0) is 5.56 Å². The van der Waals surface area contributed by atoms with E-state index in [4.69, 9.17) is 0 Å². The van der Waals surface area contributed by atoms with Gasteiger partial charge in [0, 0.05) is 11.8 Å². The van der Waals surface area contributed by atoms with Crippen LogP contribution >= 0.6 is 11.3 Å². The van der Waals surface area contributed by atoms with Crippen molar-refractivity contribution in [2.75, 3.05) is 12.9 Å². The number of aliphatic hydroxyl groups is 1. The highest BCUT2D eigenvalue weighted by Gasteiger charge is 2.26. The molecule has 1 heterocycles. The summed E-state index contributed by atoms with van der Waals surface area (Å²) in [5.41, 5.74) is 0.786. The Balaban J connectivity index is 2.13. The molecule has 1 amide bonds. The number of alkyl halides is 3. The second-order valence-corrected chi connectivity index (χ2v) is 8.91. The molecule has 0 aliphatic rings. The number of carbonyl (C=O) groups is 1. The van der Waals surface area contributed by atoms with Crippen molar-refractivity contribution in [3.8, 4) is 10.6 Å². The van der Waals surface area contributed by atoms with E-state index in [2.05, 4.69) is 10.2 Å². The Hall–Kier alpha value is -2.05. The summed E-state index contributed by atoms with van der Waals surface area (Å²) in [6.07, 6.45) is -3.76. The number of rotatable bonds is 8. The molecule has 0 radical (unpaired) electrons. The highest BCUT2D eigenvalue weighted by molar-refractivity contribution is 7.90. The molecule has 148 valence electrons. The van der Waals surface area contributed by atoms with Gasteiger partial charge < -0.3 is 10.4 Å². The van der Waals surface area contributed by atoms with Gasteiger partial charge in [0.25, 0.3) is 5.91 Å². The average Bonchev–Trinajstić information content (AvgIpc) is 3.05. The summed E-state index contributed by atoms with van der Waals surface area (Å²) in [5, 5.41) is 20.3. The molecule has 27 heavy (non-hydrogen) atoms. The molecule has 12 heteroatoms. The topological polar surface area (TPSA) is 109 Å². The zero-order valence-electron chi connectivity index (χ0n) is 14.0. The smallest absolute Gasteiger partial charge is 0.315 e. The SMILES string of the molecule is CS(=O)(=O)Cc1nnc(-c2ccc(C(O)C(CF)NC(=O)C(F)F)cc2)s1. The molecule has 0 aliphatic carbocycles. The van der Waals surface area contributed by atoms with Crippen LogP contribution in [-0.4, -0.2) is 55.0 Å². The van der Waals surface area contributed by atoms with Gasteiger partial charge >= 0.3 is 6.43 Å². The summed E-state index contributed by atoms with van der Waals surface area (Å²) < 4.78 is 60.1. The lowest BCUT2D eigenvalue weighted by molar-refractivity contribution is -0.133. The minimum atomic E-state index is -3.31. The van der Waals surface area contributed by atoms with Gasteiger partial charge in [-0.3, -0.25) is 4.79 Å². The lowest BCUT2D eigenvalue weighted by Gasteiger charge is -2.21. The first kappa shape index (κ1) is 21.3. The van der Waals surface area contributed by atoms with Gasteiger partial charge in [0.05, 0.1) is 6.04 Å². The monoisotopic (exact) mass is 423 g/mol. The van der Waals surface area contributed by atoms with Crippen molar-refractivity contribution in [3.05, 3.63) is 34.8 Å². The predicted octanol–water partition coefficient (Wildman–Crippen LogP) is 1.50. The van der Waals surface area contributed by atoms with Gasteiger partial charge in [0.15, 0.2) is 9.84 Å². The molecule has 7 nitrogen and oxygen atoms in total. The molecule has 2 aromatic rings. The van der Waals surface area contributed by atoms with Crippen LogP contribution in [0, 0.1) is 0 Å². The number of aromatic nitrogens is 2. The van der Waals surface area contributed by atoms with Crippen LogP contribution in [0.1, 0.15) is 16.7 Å². The van der Waals surface area contributed by atoms with E-state index in [1.54, 1.807) is 5.32 Å². The number of hydrogen-bond acceptors (Lipinski definition) is 7. The zero-order chi connectivity index (χ0) is 20.2. The molecule has 1 aromatic heterocycles. The second-order valence-electron chi connectivity index (χ2n) is 5.71. The molecular weight excluding hydrogens is 407 g/mol. The largest absolute Gasteiger partial charge is 0.386 e. The Morgan fingerprint density at radius 3 is 2.41 bits per heavy atom. The number of halogens is 3. The number of amides is 1. The van der Waals surface area contributed by atoms with E-state index in [1.807, 2.05) is 0 Å². The number of aliphatic hydroxyl groups excluding tert-OH is 1. The molecular formula is C15H16F3N3O4S2. The van der Waals surface area contributed by atoms with E-state index in [0.29, 0.717) is 15.6 Å². The van der Waals surface area contributed by atoms with Crippen LogP contribution in [0.2, 0.25) is 0 Å². The number of nitrogens with one attached hydrogen (secondary N) is 1. The summed E-state index contributed by atoms with van der Waals surface area (Å²) >= 11 is 1.09. The van der Waals surface area contributed by atoms with Gasteiger partial charge in [-0.1, -0.05) is 35.6 Å². The first-order valence-corrected chi connectivity index (χ1v) is 10.4. The van der Waals surface area contributed by atoms with Crippen molar-refractivity contribution < 1.29 is 31.5 Å². The van der Waals surface area contributed by atoms with Gasteiger partial charge in [0.1, 0.15) is 28.5 Å². The van der Waals surface area contributed by atoms with Crippen LogP contribution in [0.5, 0.6) is 0 Å². The third-order valence-electron chi connectivity index (χ3n) is 3.42. The number of hydrogen-bond donors (Lipinski definition) is 2. The van der Waals surface area contributed by atoms with Crippen molar-refractivity contribution in [1.29, 1.82) is 0 Å². The number of nitrogens with zero attached hydrogens (tertiary/aromatic N) is 2. The fourth-order valence-electron chi connectivity index (χ4n) is 2.16. The first-order valence-electron chi connectivity index (χ1n) is 7.53. The molecule has 2 unspecified atom stereocenters. The minimum absolute atomic E-state index is 0.205. The van der Waals surface area contributed by atoms with Gasteiger partial charge in [-0.25, -0.2) is 12.8 Å². The highest BCUT2D eigenvalue weighted by Crippen LogP contribution is 2.27. The molecule has 0 bridgehead atoms. The van der Waals surface area contributed by atoms with E-state index in [1.165, 1.54) is 24.3 Å². The van der Waals surface area contributed by atoms with Crippen LogP contribution < -0.4 is 5.32 Å². The van der Waals surface area contributed by atoms with Crippen LogP contribution in [0.4, 0.5) is 13.2 Å². The summed E-state index contributed by atoms with van der Waals surface area (Å²) in [5.74, 6) is -1.90. The fourth-order valence-corrected chi connectivity index (χ4v) is 4.18. The van der Waals surface area contributed by atoms with Crippen molar-refractivity contribution >= 4 is 27.1 Å². The zero-order valence-corrected chi connectivity index (χ0v) is 15.6. The number of sulfone groups is 1. The molecule has 0 spiro atoms. The Morgan fingerprint density at radius 2 is 1.89 bits per heavy atom. The van der Waals surface area contributed by atoms with Gasteiger partial charge in [-0.2, -0.15) is 8.78 Å². The van der Waals surface area contributed by atoms with Gasteiger partial charge in [0.2, 0.25) is 0 Å². The van der Waals surface area contributed by atoms with E-state index in [0.717, 1.165) is 17.6 Å². The Morgan fingerprint density at radius 1 is 1.26 bits per heavy atom. The molecule has 2 atom stereocenters. The van der Waals surface area contributed by atoms with Crippen LogP contribution in [0.15, 0.2) is 24.3 Å². The Kier molecular flexibility index (Phi) is 6.89. The van der Waals surface area contributed by atoms with E-state index >= 15 is 0 Å². The van der Waals surface area contributed by atoms with Crippen LogP contribution in [0.25, 0.3) is 10.6 Å². The molecule has 2 rings (SSSR count). The third-order valence-corrected chi connectivity index (χ3v) is 5.38. The lowest BCUT2D eigenvalue weighted by atomic mass is 10.0. The molecule has 0 aliphatic heterocycles. The van der Waals surface area contributed by atoms with Crippen molar-refractivity contribution in [1.82, 2.24) is 15.5 Å². The predicted molar refractivity (Wildman–Crippen MR) is 92.8 cm³/mol. The normalized spacial score (nSPS) is 14.1. The lowest BCUT2D eigenvalue weighted by Crippen LogP contribution is -2.43. The Labute approximate surface area is 157 Å². The minimum Gasteiger partial charge on any atom is -0.386 e. The van der Waals surface area contributed by atoms with E-state index < -0.39 is 41.0 Å². The maximum absolute atomic E-state index is 13.0. The standard InChI is InChI=1S/C15H16F3N3O4S2/c1-27(24,25)7-11-20-21-15(26-11)9-4-2-8(3-5-9)12(22)10(6-16)19-14(23)13(17)18/h2-5,10,12-13,22H,6-7H2,1H3,(H,19,23). The maximum Gasteiger partial charge on any atom is 0.315 e. The highest BCUT2D eigenvalue weighted by atomic mass is 32.2. The third kappa shape index (κ3) is 5.97. The molecule has 0 saturated heterocycles. The second kappa shape index (κ2) is 8.76. The maximum atomic E-state index is 13.0. The number of benzene rings is 1. The summed E-state index contributed by atoms with van der Waals surface area (Å²) in [4.78, 5) is 11.0. The molecule has 0 saturated carbocycles. The quantitative estimate of drug-likeness (QED) is 0.666. The van der Waals surface area contributed by atoms with Crippen LogP contribution in [-0.2, 0) is 20.4 Å². The van der Waals surface area contributed by atoms with E-state index in [9.17, 15) is 31.5 Å². The Bertz CT molecular complexity index is 888. The first-order chi connectivity index (χ1) is 12.6. The average molecular weight is 423 g/mol. The molecule has 1 aromatic carbocycles. The van der Waals surface area contributed by atoms with E-state index in [-0.39, 0.29) is 11.3 Å². The van der Waals surface area contributed by atoms with Crippen molar-refractivity contribution in [3.63, 3.8) is 0 Å². The van der Waals surface area contributed by atoms with Crippen LogP contribution in [0.3, 0.4) is 0 Å². The summed E-state index contributed by atoms with van der Waals surface area (Å²) in [6, 6.07) is 4.41. The van der Waals surface area contributed by atoms with Crippen molar-refractivity contribution in [2.24, 2.45) is 0 Å². The van der Waals surface area contributed by atoms with Gasteiger partial charge in [-0.15, -0.1) is 10.2 Å². The fraction of sp³-hybridized carbons (Fsp3) is 0.400. The molecule has 0 fully saturated rings. The number of carbonyl (C=O) groups excluding carboxylic acids is 1. The summed E-state index contributed by atoms with van der Waals surface area (Å²) in [6.45, 7) is -1.23. The van der Waals surface area contributed by atoms with Crippen molar-refractivity contribution in [2.45, 2.75) is 24.3 Å². The summed E-state index contributed by atoms with van der Waals surface area (Å²) in [7, 11) is -3.24.